The Hall–Kier alpha value is -7.16. The predicted molar refractivity (Wildman–Crippen MR) is 229 cm³/mol. The molecule has 11 rings (SSSR count). The highest BCUT2D eigenvalue weighted by molar-refractivity contribution is 6.06. The fraction of sp³-hybridized carbons (Fsp3) is 0.0189. The minimum atomic E-state index is -0.560. The third-order valence-corrected chi connectivity index (χ3v) is 11.5. The molecule has 1 heterocycles. The topological polar surface area (TPSA) is 16.4 Å². The summed E-state index contributed by atoms with van der Waals surface area (Å²) in [6.07, 6.45) is 0. The number of hydrogen-bond donors (Lipinski definition) is 0. The summed E-state index contributed by atoms with van der Waals surface area (Å²) in [5, 5.41) is 4.75. The summed E-state index contributed by atoms with van der Waals surface area (Å²) in [5.41, 5.74) is 14.4. The van der Waals surface area contributed by atoms with E-state index >= 15 is 0 Å². The minimum Gasteiger partial charge on any atom is -0.456 e. The number of fused-ring (bicyclic) bond motifs is 8. The number of para-hydroxylation sites is 1. The van der Waals surface area contributed by atoms with Crippen LogP contribution in [0, 0.1) is 0 Å². The Bertz CT molecular complexity index is 2980. The van der Waals surface area contributed by atoms with Crippen LogP contribution in [0.4, 0.5) is 17.1 Å². The Kier molecular flexibility index (Phi) is 7.11. The van der Waals surface area contributed by atoms with E-state index in [-0.39, 0.29) is 0 Å². The van der Waals surface area contributed by atoms with Crippen LogP contribution in [0.15, 0.2) is 217 Å². The molecular formula is C53H35NO. The summed E-state index contributed by atoms with van der Waals surface area (Å²) in [4.78, 5) is 2.38. The monoisotopic (exact) mass is 701 g/mol. The molecule has 0 amide bonds. The first-order chi connectivity index (χ1) is 27.3. The van der Waals surface area contributed by atoms with Gasteiger partial charge >= 0.3 is 0 Å². The van der Waals surface area contributed by atoms with Gasteiger partial charge in [-0.15, -0.1) is 0 Å². The Morgan fingerprint density at radius 2 is 0.909 bits per heavy atom. The number of rotatable bonds is 6. The molecule has 0 aliphatic heterocycles. The van der Waals surface area contributed by atoms with Gasteiger partial charge in [0.2, 0.25) is 0 Å². The summed E-state index contributed by atoms with van der Waals surface area (Å²) in [6.45, 7) is 0. The van der Waals surface area contributed by atoms with Crippen LogP contribution in [0.5, 0.6) is 0 Å². The molecule has 1 aliphatic carbocycles. The summed E-state index contributed by atoms with van der Waals surface area (Å²) >= 11 is 0. The molecule has 0 unspecified atom stereocenters. The predicted octanol–water partition coefficient (Wildman–Crippen LogP) is 14.2. The van der Waals surface area contributed by atoms with Crippen LogP contribution >= 0.6 is 0 Å². The van der Waals surface area contributed by atoms with Crippen molar-refractivity contribution in [3.63, 3.8) is 0 Å². The smallest absolute Gasteiger partial charge is 0.137 e. The zero-order valence-electron chi connectivity index (χ0n) is 30.1. The number of furan rings is 1. The third-order valence-electron chi connectivity index (χ3n) is 11.5. The van der Waals surface area contributed by atoms with Crippen LogP contribution in [0.3, 0.4) is 0 Å². The second kappa shape index (κ2) is 12.5. The van der Waals surface area contributed by atoms with E-state index in [4.69, 9.17) is 4.42 Å². The van der Waals surface area contributed by atoms with Crippen LogP contribution in [-0.4, -0.2) is 0 Å². The maximum Gasteiger partial charge on any atom is 0.137 e. The second-order valence-electron chi connectivity index (χ2n) is 14.4. The minimum absolute atomic E-state index is 0.560. The molecule has 2 heteroatoms. The highest BCUT2D eigenvalue weighted by Crippen LogP contribution is 2.59. The van der Waals surface area contributed by atoms with Crippen LogP contribution in [0.1, 0.15) is 22.3 Å². The molecule has 10 aromatic rings. The van der Waals surface area contributed by atoms with Gasteiger partial charge in [0.25, 0.3) is 0 Å². The molecule has 1 aromatic heterocycles. The molecule has 0 saturated carbocycles. The third kappa shape index (κ3) is 4.82. The molecule has 9 aromatic carbocycles. The number of hydrogen-bond acceptors (Lipinski definition) is 2. The summed E-state index contributed by atoms with van der Waals surface area (Å²) in [6, 6.07) is 77.1. The Morgan fingerprint density at radius 3 is 1.65 bits per heavy atom. The molecule has 0 spiro atoms. The van der Waals surface area contributed by atoms with Crippen LogP contribution in [0.25, 0.3) is 55.0 Å². The van der Waals surface area contributed by atoms with Gasteiger partial charge in [-0.1, -0.05) is 164 Å². The maximum atomic E-state index is 6.47. The van der Waals surface area contributed by atoms with Crippen molar-refractivity contribution in [3.8, 4) is 22.3 Å². The number of benzene rings is 9. The van der Waals surface area contributed by atoms with Gasteiger partial charge in [-0.2, -0.15) is 0 Å². The fourth-order valence-electron chi connectivity index (χ4n) is 9.13. The molecule has 0 saturated heterocycles. The lowest BCUT2D eigenvalue weighted by Crippen LogP contribution is -2.29. The highest BCUT2D eigenvalue weighted by atomic mass is 16.3. The zero-order chi connectivity index (χ0) is 36.3. The maximum absolute atomic E-state index is 6.47. The molecule has 2 nitrogen and oxygen atoms in total. The van der Waals surface area contributed by atoms with Crippen LogP contribution in [0.2, 0.25) is 0 Å². The summed E-state index contributed by atoms with van der Waals surface area (Å²) < 4.78 is 6.47. The van der Waals surface area contributed by atoms with Crippen molar-refractivity contribution in [2.75, 3.05) is 4.90 Å². The van der Waals surface area contributed by atoms with Gasteiger partial charge in [0.15, 0.2) is 0 Å². The van der Waals surface area contributed by atoms with Gasteiger partial charge < -0.3 is 9.32 Å². The van der Waals surface area contributed by atoms with E-state index in [1.165, 1.54) is 55.3 Å². The molecule has 0 fully saturated rings. The van der Waals surface area contributed by atoms with E-state index in [1.54, 1.807) is 0 Å². The first-order valence-corrected chi connectivity index (χ1v) is 18.9. The van der Waals surface area contributed by atoms with Crippen molar-refractivity contribution < 1.29 is 4.42 Å². The first-order valence-electron chi connectivity index (χ1n) is 18.9. The highest BCUT2D eigenvalue weighted by Gasteiger charge is 2.47. The molecule has 55 heavy (non-hydrogen) atoms. The largest absolute Gasteiger partial charge is 0.456 e. The van der Waals surface area contributed by atoms with Gasteiger partial charge in [-0.05, 0) is 97.7 Å². The first kappa shape index (κ1) is 31.4. The molecule has 0 radical (unpaired) electrons. The van der Waals surface area contributed by atoms with Crippen molar-refractivity contribution in [1.29, 1.82) is 0 Å². The lowest BCUT2D eigenvalue weighted by Gasteiger charge is -2.35. The van der Waals surface area contributed by atoms with Gasteiger partial charge in [0.05, 0.1) is 5.41 Å². The molecule has 0 N–H and O–H groups in total. The van der Waals surface area contributed by atoms with E-state index < -0.39 is 5.41 Å². The zero-order valence-corrected chi connectivity index (χ0v) is 30.1. The second-order valence-corrected chi connectivity index (χ2v) is 14.4. The van der Waals surface area contributed by atoms with E-state index in [0.717, 1.165) is 39.0 Å². The Morgan fingerprint density at radius 1 is 0.364 bits per heavy atom. The van der Waals surface area contributed by atoms with Crippen molar-refractivity contribution in [3.05, 3.63) is 235 Å². The van der Waals surface area contributed by atoms with Gasteiger partial charge in [0, 0.05) is 33.9 Å². The molecule has 258 valence electrons. The summed E-state index contributed by atoms with van der Waals surface area (Å²) in [7, 11) is 0. The molecule has 1 aliphatic rings. The summed E-state index contributed by atoms with van der Waals surface area (Å²) in [5.74, 6) is 0. The number of anilines is 3. The molecule has 0 atom stereocenters. The lowest BCUT2D eigenvalue weighted by molar-refractivity contribution is 0.669. The average Bonchev–Trinajstić information content (AvgIpc) is 3.78. The van der Waals surface area contributed by atoms with Crippen LogP contribution in [-0.2, 0) is 5.41 Å². The SMILES string of the molecule is c1ccc(-c2ccc(N(c3ccc4c(c3)C(c3ccccc3)(c3ccccc3)c3c-4ccc4ccccc34)c3ccc4c(c3)oc3ccccc34)cc2)cc1. The van der Waals surface area contributed by atoms with Crippen molar-refractivity contribution in [1.82, 2.24) is 0 Å². The van der Waals surface area contributed by atoms with Gasteiger partial charge in [-0.25, -0.2) is 0 Å². The van der Waals surface area contributed by atoms with Crippen molar-refractivity contribution in [2.24, 2.45) is 0 Å². The van der Waals surface area contributed by atoms with Crippen molar-refractivity contribution in [2.45, 2.75) is 5.41 Å². The lowest BCUT2D eigenvalue weighted by atomic mass is 9.66. The van der Waals surface area contributed by atoms with E-state index in [0.29, 0.717) is 0 Å². The standard InChI is InChI=1S/C53H35NO/c1-4-14-36(15-5-1)37-24-27-41(28-25-37)54(43-30-33-47-46-22-12-13-23-50(46)55-51(47)35-43)42-29-32-45-48-31-26-38-16-10-11-21-44(38)52(48)53(49(45)34-42,39-17-6-2-7-18-39)40-19-8-3-9-20-40/h1-35H. The average molecular weight is 702 g/mol. The van der Waals surface area contributed by atoms with E-state index in [1.807, 2.05) is 12.1 Å². The van der Waals surface area contributed by atoms with E-state index in [2.05, 4.69) is 205 Å². The fourth-order valence-corrected chi connectivity index (χ4v) is 9.13. The van der Waals surface area contributed by atoms with Crippen LogP contribution < -0.4 is 4.90 Å². The Balaban J connectivity index is 1.18. The normalized spacial score (nSPS) is 12.9. The van der Waals surface area contributed by atoms with Gasteiger partial charge in [-0.3, -0.25) is 0 Å². The van der Waals surface area contributed by atoms with E-state index in [9.17, 15) is 0 Å². The molecular weight excluding hydrogens is 667 g/mol. The molecule has 0 bridgehead atoms. The Labute approximate surface area is 320 Å². The quantitative estimate of drug-likeness (QED) is 0.172. The number of nitrogens with zero attached hydrogens (tertiary/aromatic N) is 1. The van der Waals surface area contributed by atoms with Gasteiger partial charge in [0.1, 0.15) is 11.2 Å². The van der Waals surface area contributed by atoms with Crippen molar-refractivity contribution >= 4 is 49.8 Å².